The molecule has 0 saturated carbocycles. The first-order valence-electron chi connectivity index (χ1n) is 7.99. The van der Waals surface area contributed by atoms with Crippen molar-refractivity contribution in [3.05, 3.63) is 0 Å². The Morgan fingerprint density at radius 3 is 2.48 bits per heavy atom. The Morgan fingerprint density at radius 2 is 1.90 bits per heavy atom. The van der Waals surface area contributed by atoms with E-state index in [1.807, 2.05) is 11.8 Å². The molecule has 2 N–H and O–H groups in total. The van der Waals surface area contributed by atoms with Gasteiger partial charge < -0.3 is 15.5 Å². The molecule has 122 valence electrons. The summed E-state index contributed by atoms with van der Waals surface area (Å²) in [6.45, 7) is 5.17. The lowest BCUT2D eigenvalue weighted by Gasteiger charge is -2.28. The molecule has 0 bridgehead atoms. The molecule has 6 heteroatoms. The van der Waals surface area contributed by atoms with Crippen molar-refractivity contribution < 1.29 is 9.59 Å². The molecule has 21 heavy (non-hydrogen) atoms. The van der Waals surface area contributed by atoms with Crippen LogP contribution in [0.4, 0.5) is 0 Å². The standard InChI is InChI=1S/C15H27N3O2.ClH/c1-2-15(8-6-9-17-15)14(20)16-10-7-13(19)18-11-4-3-5-12-18;/h17H,2-12H2,1H3,(H,16,20);1H. The molecule has 2 saturated heterocycles. The van der Waals surface area contributed by atoms with Crippen LogP contribution in [0, 0.1) is 0 Å². The largest absolute Gasteiger partial charge is 0.354 e. The minimum absolute atomic E-state index is 0. The topological polar surface area (TPSA) is 61.4 Å². The van der Waals surface area contributed by atoms with Gasteiger partial charge in [-0.15, -0.1) is 12.4 Å². The summed E-state index contributed by atoms with van der Waals surface area (Å²) in [5, 5.41) is 6.25. The number of amides is 2. The van der Waals surface area contributed by atoms with Gasteiger partial charge in [0.15, 0.2) is 0 Å². The fraction of sp³-hybridized carbons (Fsp3) is 0.867. The Kier molecular flexibility index (Phi) is 7.46. The molecule has 5 nitrogen and oxygen atoms in total. The van der Waals surface area contributed by atoms with Crippen LogP contribution in [0.5, 0.6) is 0 Å². The summed E-state index contributed by atoms with van der Waals surface area (Å²) in [5.74, 6) is 0.235. The molecule has 0 aromatic heterocycles. The van der Waals surface area contributed by atoms with Crippen molar-refractivity contribution in [1.82, 2.24) is 15.5 Å². The first-order chi connectivity index (χ1) is 9.68. The fourth-order valence-corrected chi connectivity index (χ4v) is 3.22. The van der Waals surface area contributed by atoms with Crippen LogP contribution in [-0.4, -0.2) is 48.4 Å². The van der Waals surface area contributed by atoms with E-state index in [1.165, 1.54) is 6.42 Å². The molecule has 2 aliphatic rings. The Labute approximate surface area is 133 Å². The normalized spacial score (nSPS) is 25.3. The zero-order valence-corrected chi connectivity index (χ0v) is 13.8. The zero-order chi connectivity index (χ0) is 14.4. The number of nitrogens with zero attached hydrogens (tertiary/aromatic N) is 1. The first kappa shape index (κ1) is 18.2. The minimum atomic E-state index is -0.395. The number of hydrogen-bond acceptors (Lipinski definition) is 3. The molecule has 0 spiro atoms. The average molecular weight is 318 g/mol. The van der Waals surface area contributed by atoms with Gasteiger partial charge in [-0.25, -0.2) is 0 Å². The highest BCUT2D eigenvalue weighted by Gasteiger charge is 2.38. The number of carbonyl (C=O) groups excluding carboxylic acids is 2. The molecule has 0 aromatic rings. The van der Waals surface area contributed by atoms with Gasteiger partial charge in [0.1, 0.15) is 0 Å². The van der Waals surface area contributed by atoms with E-state index in [-0.39, 0.29) is 24.2 Å². The molecule has 0 aromatic carbocycles. The van der Waals surface area contributed by atoms with E-state index in [2.05, 4.69) is 10.6 Å². The second kappa shape index (κ2) is 8.59. The van der Waals surface area contributed by atoms with Crippen LogP contribution in [0.15, 0.2) is 0 Å². The highest BCUT2D eigenvalue weighted by molar-refractivity contribution is 5.87. The van der Waals surface area contributed by atoms with Crippen molar-refractivity contribution in [2.45, 2.75) is 57.4 Å². The minimum Gasteiger partial charge on any atom is -0.354 e. The van der Waals surface area contributed by atoms with Gasteiger partial charge in [0.2, 0.25) is 11.8 Å². The summed E-state index contributed by atoms with van der Waals surface area (Å²) in [6, 6.07) is 0. The van der Waals surface area contributed by atoms with E-state index < -0.39 is 5.54 Å². The van der Waals surface area contributed by atoms with Crippen molar-refractivity contribution in [3.8, 4) is 0 Å². The van der Waals surface area contributed by atoms with Crippen LogP contribution in [0.1, 0.15) is 51.9 Å². The molecular formula is C15H28ClN3O2. The van der Waals surface area contributed by atoms with E-state index in [1.54, 1.807) is 0 Å². The fourth-order valence-electron chi connectivity index (χ4n) is 3.22. The summed E-state index contributed by atoms with van der Waals surface area (Å²) in [6.07, 6.45) is 6.63. The van der Waals surface area contributed by atoms with Crippen molar-refractivity contribution in [2.24, 2.45) is 0 Å². The molecule has 0 aliphatic carbocycles. The molecule has 2 rings (SSSR count). The van der Waals surface area contributed by atoms with E-state index in [0.717, 1.165) is 51.7 Å². The van der Waals surface area contributed by atoms with Gasteiger partial charge in [-0.2, -0.15) is 0 Å². The summed E-state index contributed by atoms with van der Waals surface area (Å²) < 4.78 is 0. The Morgan fingerprint density at radius 1 is 1.19 bits per heavy atom. The number of piperidine rings is 1. The number of nitrogens with one attached hydrogen (secondary N) is 2. The number of halogens is 1. The predicted octanol–water partition coefficient (Wildman–Crippen LogP) is 1.46. The van der Waals surface area contributed by atoms with Crippen LogP contribution in [0.3, 0.4) is 0 Å². The lowest BCUT2D eigenvalue weighted by Crippen LogP contribution is -2.53. The van der Waals surface area contributed by atoms with Gasteiger partial charge in [0.05, 0.1) is 5.54 Å². The third kappa shape index (κ3) is 4.58. The molecule has 1 unspecified atom stereocenters. The molecular weight excluding hydrogens is 290 g/mol. The maximum absolute atomic E-state index is 12.3. The van der Waals surface area contributed by atoms with Gasteiger partial charge in [-0.05, 0) is 45.1 Å². The van der Waals surface area contributed by atoms with Crippen molar-refractivity contribution >= 4 is 24.2 Å². The first-order valence-corrected chi connectivity index (χ1v) is 7.99. The van der Waals surface area contributed by atoms with Gasteiger partial charge in [0, 0.05) is 26.1 Å². The number of rotatable bonds is 5. The summed E-state index contributed by atoms with van der Waals surface area (Å²) >= 11 is 0. The van der Waals surface area contributed by atoms with Gasteiger partial charge in [-0.3, -0.25) is 9.59 Å². The number of likely N-dealkylation sites (tertiary alicyclic amines) is 1. The summed E-state index contributed by atoms with van der Waals surface area (Å²) in [5.41, 5.74) is -0.395. The average Bonchev–Trinajstić information content (AvgIpc) is 2.98. The third-order valence-corrected chi connectivity index (χ3v) is 4.62. The predicted molar refractivity (Wildman–Crippen MR) is 85.6 cm³/mol. The maximum atomic E-state index is 12.3. The van der Waals surface area contributed by atoms with Crippen LogP contribution >= 0.6 is 12.4 Å². The number of carbonyl (C=O) groups is 2. The van der Waals surface area contributed by atoms with Crippen LogP contribution in [0.25, 0.3) is 0 Å². The Balaban J connectivity index is 0.00000220. The van der Waals surface area contributed by atoms with E-state index in [4.69, 9.17) is 0 Å². The number of hydrogen-bond donors (Lipinski definition) is 2. The Hall–Kier alpha value is -0.810. The second-order valence-electron chi connectivity index (χ2n) is 5.91. The molecule has 2 heterocycles. The highest BCUT2D eigenvalue weighted by Crippen LogP contribution is 2.22. The summed E-state index contributed by atoms with van der Waals surface area (Å²) in [4.78, 5) is 26.2. The zero-order valence-electron chi connectivity index (χ0n) is 13.0. The monoisotopic (exact) mass is 317 g/mol. The summed E-state index contributed by atoms with van der Waals surface area (Å²) in [7, 11) is 0. The highest BCUT2D eigenvalue weighted by atomic mass is 35.5. The van der Waals surface area contributed by atoms with E-state index in [9.17, 15) is 9.59 Å². The SMILES string of the molecule is CCC1(C(=O)NCCC(=O)N2CCCCC2)CCCN1.Cl. The van der Waals surface area contributed by atoms with E-state index in [0.29, 0.717) is 13.0 Å². The molecule has 1 atom stereocenters. The third-order valence-electron chi connectivity index (χ3n) is 4.62. The van der Waals surface area contributed by atoms with Crippen molar-refractivity contribution in [3.63, 3.8) is 0 Å². The molecule has 2 amide bonds. The van der Waals surface area contributed by atoms with Crippen molar-refractivity contribution in [2.75, 3.05) is 26.2 Å². The maximum Gasteiger partial charge on any atom is 0.240 e. The quantitative estimate of drug-likeness (QED) is 0.807. The van der Waals surface area contributed by atoms with Gasteiger partial charge >= 0.3 is 0 Å². The molecule has 2 fully saturated rings. The van der Waals surface area contributed by atoms with Crippen molar-refractivity contribution in [1.29, 1.82) is 0 Å². The Bertz CT molecular complexity index is 351. The second-order valence-corrected chi connectivity index (χ2v) is 5.91. The lowest BCUT2D eigenvalue weighted by molar-refractivity contribution is -0.132. The smallest absolute Gasteiger partial charge is 0.240 e. The van der Waals surface area contributed by atoms with Crippen LogP contribution in [0.2, 0.25) is 0 Å². The van der Waals surface area contributed by atoms with Gasteiger partial charge in [-0.1, -0.05) is 6.92 Å². The molecule has 2 aliphatic heterocycles. The van der Waals surface area contributed by atoms with Gasteiger partial charge in [0.25, 0.3) is 0 Å². The lowest BCUT2D eigenvalue weighted by atomic mass is 9.93. The van der Waals surface area contributed by atoms with Crippen LogP contribution in [-0.2, 0) is 9.59 Å². The van der Waals surface area contributed by atoms with E-state index >= 15 is 0 Å². The van der Waals surface area contributed by atoms with Crippen LogP contribution < -0.4 is 10.6 Å². The molecule has 0 radical (unpaired) electrons.